The third-order valence-corrected chi connectivity index (χ3v) is 3.57. The Morgan fingerprint density at radius 2 is 2.21 bits per heavy atom. The summed E-state index contributed by atoms with van der Waals surface area (Å²) in [5, 5.41) is 15.2. The van der Waals surface area contributed by atoms with Gasteiger partial charge in [-0.05, 0) is 44.5 Å². The lowest BCUT2D eigenvalue weighted by Gasteiger charge is -2.23. The van der Waals surface area contributed by atoms with E-state index in [4.69, 9.17) is 16.7 Å². The van der Waals surface area contributed by atoms with Gasteiger partial charge in [0.2, 0.25) is 5.91 Å². The SMILES string of the molecule is CC1(C(=O)Nc2ccc(Cl)cc2C(=O)O)CCCN1. The molecule has 19 heavy (non-hydrogen) atoms. The van der Waals surface area contributed by atoms with Crippen LogP contribution in [-0.2, 0) is 4.79 Å². The first-order valence-corrected chi connectivity index (χ1v) is 6.39. The zero-order valence-corrected chi connectivity index (χ0v) is 11.3. The minimum absolute atomic E-state index is 0.0116. The summed E-state index contributed by atoms with van der Waals surface area (Å²) in [7, 11) is 0. The van der Waals surface area contributed by atoms with Gasteiger partial charge in [0.15, 0.2) is 0 Å². The molecule has 1 aromatic carbocycles. The molecule has 0 saturated carbocycles. The van der Waals surface area contributed by atoms with Crippen LogP contribution in [0.15, 0.2) is 18.2 Å². The molecule has 3 N–H and O–H groups in total. The molecule has 1 amide bonds. The molecule has 0 aromatic heterocycles. The van der Waals surface area contributed by atoms with Gasteiger partial charge in [-0.2, -0.15) is 0 Å². The first kappa shape index (κ1) is 13.8. The van der Waals surface area contributed by atoms with Gasteiger partial charge in [0.1, 0.15) is 0 Å². The number of aromatic carboxylic acids is 1. The van der Waals surface area contributed by atoms with E-state index in [1.807, 2.05) is 6.92 Å². The summed E-state index contributed by atoms with van der Waals surface area (Å²) in [5.74, 6) is -1.35. The van der Waals surface area contributed by atoms with Crippen LogP contribution in [0.25, 0.3) is 0 Å². The molecule has 1 unspecified atom stereocenters. The lowest BCUT2D eigenvalue weighted by Crippen LogP contribution is -2.48. The van der Waals surface area contributed by atoms with Crippen molar-refractivity contribution < 1.29 is 14.7 Å². The Balaban J connectivity index is 2.23. The number of rotatable bonds is 3. The number of nitrogens with one attached hydrogen (secondary N) is 2. The number of anilines is 1. The highest BCUT2D eigenvalue weighted by Crippen LogP contribution is 2.24. The molecule has 1 aliphatic heterocycles. The number of carbonyl (C=O) groups is 2. The van der Waals surface area contributed by atoms with Gasteiger partial charge in [0.25, 0.3) is 0 Å². The number of halogens is 1. The van der Waals surface area contributed by atoms with Crippen molar-refractivity contribution >= 4 is 29.2 Å². The Morgan fingerprint density at radius 3 is 2.79 bits per heavy atom. The van der Waals surface area contributed by atoms with Crippen molar-refractivity contribution in [2.45, 2.75) is 25.3 Å². The molecule has 1 saturated heterocycles. The molecular formula is C13H15ClN2O3. The molecule has 1 aromatic rings. The van der Waals surface area contributed by atoms with Crippen LogP contribution in [0, 0.1) is 0 Å². The number of hydrogen-bond donors (Lipinski definition) is 3. The Hall–Kier alpha value is -1.59. The van der Waals surface area contributed by atoms with Gasteiger partial charge < -0.3 is 15.7 Å². The standard InChI is InChI=1S/C13H15ClN2O3/c1-13(5-2-6-15-13)12(19)16-10-4-3-8(14)7-9(10)11(17)18/h3-4,7,15H,2,5-6H2,1H3,(H,16,19)(H,17,18). The van der Waals surface area contributed by atoms with Crippen LogP contribution in [0.4, 0.5) is 5.69 Å². The van der Waals surface area contributed by atoms with Crippen molar-refractivity contribution in [3.8, 4) is 0 Å². The lowest BCUT2D eigenvalue weighted by molar-refractivity contribution is -0.121. The maximum Gasteiger partial charge on any atom is 0.337 e. The van der Waals surface area contributed by atoms with Gasteiger partial charge >= 0.3 is 5.97 Å². The Bertz CT molecular complexity index is 525. The summed E-state index contributed by atoms with van der Waals surface area (Å²) in [6.07, 6.45) is 1.66. The summed E-state index contributed by atoms with van der Waals surface area (Å²) in [4.78, 5) is 23.3. The molecular weight excluding hydrogens is 268 g/mol. The van der Waals surface area contributed by atoms with Crippen LogP contribution in [0.2, 0.25) is 5.02 Å². The van der Waals surface area contributed by atoms with E-state index >= 15 is 0 Å². The summed E-state index contributed by atoms with van der Waals surface area (Å²) in [6, 6.07) is 4.37. The summed E-state index contributed by atoms with van der Waals surface area (Å²) >= 11 is 5.76. The van der Waals surface area contributed by atoms with E-state index in [0.29, 0.717) is 5.02 Å². The fourth-order valence-corrected chi connectivity index (χ4v) is 2.32. The zero-order valence-electron chi connectivity index (χ0n) is 10.5. The smallest absolute Gasteiger partial charge is 0.337 e. The predicted octanol–water partition coefficient (Wildman–Crippen LogP) is 2.12. The summed E-state index contributed by atoms with van der Waals surface area (Å²) in [5.41, 5.74) is -0.394. The number of carbonyl (C=O) groups excluding carboxylic acids is 1. The maximum atomic E-state index is 12.2. The average Bonchev–Trinajstić information content (AvgIpc) is 2.79. The number of carboxylic acid groups (broad SMARTS) is 1. The third-order valence-electron chi connectivity index (χ3n) is 3.33. The molecule has 5 nitrogen and oxygen atoms in total. The molecule has 6 heteroatoms. The minimum atomic E-state index is -1.12. The zero-order chi connectivity index (χ0) is 14.0. The van der Waals surface area contributed by atoms with Crippen LogP contribution in [0.3, 0.4) is 0 Å². The van der Waals surface area contributed by atoms with E-state index in [1.54, 1.807) is 6.07 Å². The Morgan fingerprint density at radius 1 is 1.47 bits per heavy atom. The van der Waals surface area contributed by atoms with E-state index < -0.39 is 11.5 Å². The van der Waals surface area contributed by atoms with Crippen molar-refractivity contribution in [1.29, 1.82) is 0 Å². The summed E-state index contributed by atoms with van der Waals surface area (Å²) in [6.45, 7) is 2.60. The number of benzene rings is 1. The third kappa shape index (κ3) is 2.88. The number of hydrogen-bond acceptors (Lipinski definition) is 3. The second-order valence-corrected chi connectivity index (χ2v) is 5.25. The minimum Gasteiger partial charge on any atom is -0.478 e. The Labute approximate surface area is 116 Å². The molecule has 2 rings (SSSR count). The van der Waals surface area contributed by atoms with E-state index in [1.165, 1.54) is 12.1 Å². The van der Waals surface area contributed by atoms with E-state index in [-0.39, 0.29) is 17.2 Å². The van der Waals surface area contributed by atoms with Crippen molar-refractivity contribution in [3.05, 3.63) is 28.8 Å². The van der Waals surface area contributed by atoms with Crippen LogP contribution in [0.1, 0.15) is 30.1 Å². The summed E-state index contributed by atoms with van der Waals surface area (Å²) < 4.78 is 0. The van der Waals surface area contributed by atoms with Gasteiger partial charge in [-0.25, -0.2) is 4.79 Å². The molecule has 1 aliphatic rings. The largest absolute Gasteiger partial charge is 0.478 e. The fraction of sp³-hybridized carbons (Fsp3) is 0.385. The normalized spacial score (nSPS) is 22.2. The number of carboxylic acids is 1. The molecule has 102 valence electrons. The van der Waals surface area contributed by atoms with Gasteiger partial charge in [-0.1, -0.05) is 11.6 Å². The predicted molar refractivity (Wildman–Crippen MR) is 72.7 cm³/mol. The molecule has 0 spiro atoms. The quantitative estimate of drug-likeness (QED) is 0.793. The van der Waals surface area contributed by atoms with Crippen LogP contribution in [-0.4, -0.2) is 29.1 Å². The monoisotopic (exact) mass is 282 g/mol. The van der Waals surface area contributed by atoms with E-state index in [9.17, 15) is 9.59 Å². The van der Waals surface area contributed by atoms with Crippen molar-refractivity contribution in [2.24, 2.45) is 0 Å². The first-order valence-electron chi connectivity index (χ1n) is 6.02. The van der Waals surface area contributed by atoms with E-state index in [2.05, 4.69) is 10.6 Å². The maximum absolute atomic E-state index is 12.2. The lowest BCUT2D eigenvalue weighted by atomic mass is 9.99. The van der Waals surface area contributed by atoms with Gasteiger partial charge in [0.05, 0.1) is 16.8 Å². The molecule has 1 fully saturated rings. The molecule has 1 atom stereocenters. The van der Waals surface area contributed by atoms with Gasteiger partial charge in [-0.3, -0.25) is 4.79 Å². The highest BCUT2D eigenvalue weighted by molar-refractivity contribution is 6.31. The second kappa shape index (κ2) is 5.19. The van der Waals surface area contributed by atoms with Crippen LogP contribution < -0.4 is 10.6 Å². The van der Waals surface area contributed by atoms with Crippen molar-refractivity contribution in [1.82, 2.24) is 5.32 Å². The molecule has 0 radical (unpaired) electrons. The Kier molecular flexibility index (Phi) is 3.78. The second-order valence-electron chi connectivity index (χ2n) is 4.81. The molecule has 1 heterocycles. The van der Waals surface area contributed by atoms with Gasteiger partial charge in [0, 0.05) is 5.02 Å². The highest BCUT2D eigenvalue weighted by atomic mass is 35.5. The fourth-order valence-electron chi connectivity index (χ4n) is 2.15. The molecule has 0 aliphatic carbocycles. The van der Waals surface area contributed by atoms with Crippen molar-refractivity contribution in [2.75, 3.05) is 11.9 Å². The van der Waals surface area contributed by atoms with E-state index in [0.717, 1.165) is 19.4 Å². The van der Waals surface area contributed by atoms with Crippen molar-refractivity contribution in [3.63, 3.8) is 0 Å². The van der Waals surface area contributed by atoms with Crippen LogP contribution >= 0.6 is 11.6 Å². The average molecular weight is 283 g/mol. The molecule has 0 bridgehead atoms. The first-order chi connectivity index (χ1) is 8.92. The highest BCUT2D eigenvalue weighted by Gasteiger charge is 2.36. The number of amides is 1. The topological polar surface area (TPSA) is 78.4 Å². The van der Waals surface area contributed by atoms with Crippen LogP contribution in [0.5, 0.6) is 0 Å². The van der Waals surface area contributed by atoms with Gasteiger partial charge in [-0.15, -0.1) is 0 Å².